The molecule has 5 heteroatoms. The van der Waals surface area contributed by atoms with Gasteiger partial charge in [0.2, 0.25) is 0 Å². The standard InChI is InChI=1S/C14H9BrClFN2/c15-13-6-12(3-4-14(13)16)19-8-10-5-11(17)2-1-9(10)7-18/h1-6,19H,8H2. The van der Waals surface area contributed by atoms with Crippen LogP contribution >= 0.6 is 27.5 Å². The van der Waals surface area contributed by atoms with Gasteiger partial charge in [0.15, 0.2) is 0 Å². The van der Waals surface area contributed by atoms with Crippen molar-refractivity contribution in [2.24, 2.45) is 0 Å². The molecule has 2 nitrogen and oxygen atoms in total. The van der Waals surface area contributed by atoms with Gasteiger partial charge in [-0.15, -0.1) is 0 Å². The third-order valence-electron chi connectivity index (χ3n) is 2.59. The van der Waals surface area contributed by atoms with Crippen LogP contribution in [0.5, 0.6) is 0 Å². The van der Waals surface area contributed by atoms with Crippen molar-refractivity contribution in [3.8, 4) is 6.07 Å². The van der Waals surface area contributed by atoms with Gasteiger partial charge in [-0.1, -0.05) is 11.6 Å². The summed E-state index contributed by atoms with van der Waals surface area (Å²) in [6.07, 6.45) is 0. The number of nitriles is 1. The van der Waals surface area contributed by atoms with Crippen LogP contribution in [0.4, 0.5) is 10.1 Å². The number of anilines is 1. The van der Waals surface area contributed by atoms with E-state index in [1.807, 2.05) is 18.2 Å². The number of hydrogen-bond acceptors (Lipinski definition) is 2. The molecule has 0 radical (unpaired) electrons. The van der Waals surface area contributed by atoms with E-state index in [4.69, 9.17) is 16.9 Å². The molecule has 0 fully saturated rings. The molecule has 0 spiro atoms. The Morgan fingerprint density at radius 1 is 1.26 bits per heavy atom. The Labute approximate surface area is 123 Å². The van der Waals surface area contributed by atoms with Crippen LogP contribution < -0.4 is 5.32 Å². The van der Waals surface area contributed by atoms with Crippen molar-refractivity contribution < 1.29 is 4.39 Å². The van der Waals surface area contributed by atoms with E-state index in [1.165, 1.54) is 18.2 Å². The van der Waals surface area contributed by atoms with E-state index in [0.29, 0.717) is 22.7 Å². The highest BCUT2D eigenvalue weighted by molar-refractivity contribution is 9.10. The van der Waals surface area contributed by atoms with Gasteiger partial charge < -0.3 is 5.32 Å². The zero-order valence-corrected chi connectivity index (χ0v) is 12.1. The molecule has 0 unspecified atom stereocenters. The zero-order chi connectivity index (χ0) is 13.8. The van der Waals surface area contributed by atoms with Gasteiger partial charge in [0.1, 0.15) is 5.82 Å². The average molecular weight is 340 g/mol. The fourth-order valence-electron chi connectivity index (χ4n) is 1.62. The number of rotatable bonds is 3. The maximum absolute atomic E-state index is 13.2. The lowest BCUT2D eigenvalue weighted by Gasteiger charge is -2.09. The summed E-state index contributed by atoms with van der Waals surface area (Å²) >= 11 is 9.23. The molecule has 0 atom stereocenters. The van der Waals surface area contributed by atoms with Crippen LogP contribution in [-0.2, 0) is 6.54 Å². The van der Waals surface area contributed by atoms with E-state index >= 15 is 0 Å². The Morgan fingerprint density at radius 3 is 2.74 bits per heavy atom. The van der Waals surface area contributed by atoms with Crippen LogP contribution in [0.15, 0.2) is 40.9 Å². The minimum absolute atomic E-state index is 0.354. The van der Waals surface area contributed by atoms with E-state index in [1.54, 1.807) is 6.07 Å². The van der Waals surface area contributed by atoms with Gasteiger partial charge in [0.05, 0.1) is 16.7 Å². The predicted octanol–water partition coefficient (Wildman–Crippen LogP) is 4.73. The molecule has 0 aromatic heterocycles. The average Bonchev–Trinajstić information content (AvgIpc) is 2.40. The molecular weight excluding hydrogens is 331 g/mol. The second kappa shape index (κ2) is 6.05. The fourth-order valence-corrected chi connectivity index (χ4v) is 2.12. The second-order valence-corrected chi connectivity index (χ2v) is 5.16. The summed E-state index contributed by atoms with van der Waals surface area (Å²) in [5.41, 5.74) is 1.92. The molecule has 1 N–H and O–H groups in total. The van der Waals surface area contributed by atoms with E-state index in [0.717, 1.165) is 10.2 Å². The Kier molecular flexibility index (Phi) is 4.41. The van der Waals surface area contributed by atoms with Gasteiger partial charge in [0.25, 0.3) is 0 Å². The fraction of sp³-hybridized carbons (Fsp3) is 0.0714. The summed E-state index contributed by atoms with van der Waals surface area (Å²) < 4.78 is 13.9. The third-order valence-corrected chi connectivity index (χ3v) is 3.80. The minimum atomic E-state index is -0.354. The number of nitrogens with zero attached hydrogens (tertiary/aromatic N) is 1. The first kappa shape index (κ1) is 13.9. The highest BCUT2D eigenvalue weighted by atomic mass is 79.9. The molecule has 0 bridgehead atoms. The Balaban J connectivity index is 2.16. The smallest absolute Gasteiger partial charge is 0.123 e. The molecule has 0 aliphatic rings. The molecule has 2 rings (SSSR count). The number of nitrogens with one attached hydrogen (secondary N) is 1. The maximum atomic E-state index is 13.2. The second-order valence-electron chi connectivity index (χ2n) is 3.90. The summed E-state index contributed by atoms with van der Waals surface area (Å²) in [6.45, 7) is 0.370. The molecule has 0 aliphatic carbocycles. The Hall–Kier alpha value is -1.57. The van der Waals surface area contributed by atoms with Gasteiger partial charge in [0, 0.05) is 16.7 Å². The summed E-state index contributed by atoms with van der Waals surface area (Å²) in [4.78, 5) is 0. The summed E-state index contributed by atoms with van der Waals surface area (Å²) in [6, 6.07) is 11.6. The van der Waals surface area contributed by atoms with Crippen molar-refractivity contribution in [1.82, 2.24) is 0 Å². The molecule has 19 heavy (non-hydrogen) atoms. The zero-order valence-electron chi connectivity index (χ0n) is 9.75. The highest BCUT2D eigenvalue weighted by Crippen LogP contribution is 2.26. The Morgan fingerprint density at radius 2 is 2.05 bits per heavy atom. The van der Waals surface area contributed by atoms with E-state index in [2.05, 4.69) is 21.2 Å². The number of benzene rings is 2. The van der Waals surface area contributed by atoms with Crippen molar-refractivity contribution >= 4 is 33.2 Å². The normalized spacial score (nSPS) is 10.0. The maximum Gasteiger partial charge on any atom is 0.123 e. The molecule has 0 heterocycles. The molecule has 0 amide bonds. The van der Waals surface area contributed by atoms with Crippen molar-refractivity contribution in [2.45, 2.75) is 6.54 Å². The SMILES string of the molecule is N#Cc1ccc(F)cc1CNc1ccc(Cl)c(Br)c1. The van der Waals surface area contributed by atoms with Crippen molar-refractivity contribution in [3.05, 3.63) is 62.8 Å². The first-order valence-electron chi connectivity index (χ1n) is 5.47. The lowest BCUT2D eigenvalue weighted by atomic mass is 10.1. The highest BCUT2D eigenvalue weighted by Gasteiger charge is 2.04. The van der Waals surface area contributed by atoms with E-state index < -0.39 is 0 Å². The third kappa shape index (κ3) is 3.46. The van der Waals surface area contributed by atoms with Gasteiger partial charge in [-0.05, 0) is 57.9 Å². The van der Waals surface area contributed by atoms with Crippen molar-refractivity contribution in [3.63, 3.8) is 0 Å². The number of halogens is 3. The van der Waals surface area contributed by atoms with Crippen LogP contribution in [0.1, 0.15) is 11.1 Å². The van der Waals surface area contributed by atoms with Crippen molar-refractivity contribution in [1.29, 1.82) is 5.26 Å². The lowest BCUT2D eigenvalue weighted by Crippen LogP contribution is -2.02. The first-order valence-corrected chi connectivity index (χ1v) is 6.64. The first-order chi connectivity index (χ1) is 9.10. The molecule has 0 saturated carbocycles. The van der Waals surface area contributed by atoms with Gasteiger partial charge in [-0.2, -0.15) is 5.26 Å². The van der Waals surface area contributed by atoms with Crippen LogP contribution in [0.25, 0.3) is 0 Å². The Bertz CT molecular complexity index is 652. The summed E-state index contributed by atoms with van der Waals surface area (Å²) in [5, 5.41) is 12.7. The van der Waals surface area contributed by atoms with Crippen LogP contribution in [0.2, 0.25) is 5.02 Å². The van der Waals surface area contributed by atoms with Gasteiger partial charge >= 0.3 is 0 Å². The molecule has 0 aliphatic heterocycles. The molecule has 96 valence electrons. The molecule has 2 aromatic carbocycles. The van der Waals surface area contributed by atoms with Crippen LogP contribution in [0.3, 0.4) is 0 Å². The van der Waals surface area contributed by atoms with Gasteiger partial charge in [-0.3, -0.25) is 0 Å². The van der Waals surface area contributed by atoms with Crippen LogP contribution in [0, 0.1) is 17.1 Å². The lowest BCUT2D eigenvalue weighted by molar-refractivity contribution is 0.625. The molecule has 0 saturated heterocycles. The summed E-state index contributed by atoms with van der Waals surface area (Å²) in [5.74, 6) is -0.354. The topological polar surface area (TPSA) is 35.8 Å². The minimum Gasteiger partial charge on any atom is -0.381 e. The predicted molar refractivity (Wildman–Crippen MR) is 77.6 cm³/mol. The molecular formula is C14H9BrClFN2. The molecule has 2 aromatic rings. The largest absolute Gasteiger partial charge is 0.381 e. The van der Waals surface area contributed by atoms with Crippen LogP contribution in [-0.4, -0.2) is 0 Å². The number of hydrogen-bond donors (Lipinski definition) is 1. The monoisotopic (exact) mass is 338 g/mol. The summed E-state index contributed by atoms with van der Waals surface area (Å²) in [7, 11) is 0. The quantitative estimate of drug-likeness (QED) is 0.878. The van der Waals surface area contributed by atoms with Crippen molar-refractivity contribution in [2.75, 3.05) is 5.32 Å². The van der Waals surface area contributed by atoms with E-state index in [-0.39, 0.29) is 5.82 Å². The van der Waals surface area contributed by atoms with E-state index in [9.17, 15) is 4.39 Å². The van der Waals surface area contributed by atoms with Gasteiger partial charge in [-0.25, -0.2) is 4.39 Å².